The van der Waals surface area contributed by atoms with Crippen LogP contribution in [-0.4, -0.2) is 30.6 Å². The zero-order valence-corrected chi connectivity index (χ0v) is 15.5. The first-order valence-corrected chi connectivity index (χ1v) is 9.40. The summed E-state index contributed by atoms with van der Waals surface area (Å²) in [7, 11) is 0. The molecule has 3 rings (SSSR count). The van der Waals surface area contributed by atoms with Crippen molar-refractivity contribution in [3.63, 3.8) is 0 Å². The number of nitrogens with one attached hydrogen (secondary N) is 1. The van der Waals surface area contributed by atoms with E-state index in [9.17, 15) is 9.59 Å². The van der Waals surface area contributed by atoms with E-state index in [1.165, 1.54) is 24.8 Å². The molecule has 2 aromatic carbocycles. The van der Waals surface area contributed by atoms with Gasteiger partial charge in [0.25, 0.3) is 0 Å². The quantitative estimate of drug-likeness (QED) is 0.819. The van der Waals surface area contributed by atoms with E-state index in [2.05, 4.69) is 31.0 Å². The van der Waals surface area contributed by atoms with Crippen LogP contribution in [0.2, 0.25) is 0 Å². The van der Waals surface area contributed by atoms with Crippen LogP contribution in [-0.2, 0) is 0 Å². The van der Waals surface area contributed by atoms with Crippen LogP contribution in [0.5, 0.6) is 0 Å². The van der Waals surface area contributed by atoms with Gasteiger partial charge >= 0.3 is 0 Å². The second-order valence-electron chi connectivity index (χ2n) is 7.49. The van der Waals surface area contributed by atoms with Crippen LogP contribution in [0, 0.1) is 0 Å². The van der Waals surface area contributed by atoms with Gasteiger partial charge < -0.3 is 5.32 Å². The Morgan fingerprint density at radius 2 is 1.84 bits per heavy atom. The summed E-state index contributed by atoms with van der Waals surface area (Å²) in [6.07, 6.45) is 3.80. The molecular formula is C21H28N2O2. The lowest BCUT2D eigenvalue weighted by Crippen LogP contribution is -2.42. The van der Waals surface area contributed by atoms with E-state index in [0.29, 0.717) is 29.8 Å². The molecular weight excluding hydrogens is 312 g/mol. The highest BCUT2D eigenvalue weighted by Gasteiger charge is 2.23. The number of likely N-dealkylation sites (tertiary alicyclic amines) is 1. The van der Waals surface area contributed by atoms with Gasteiger partial charge in [0.05, 0.1) is 11.3 Å². The number of rotatable bonds is 6. The fourth-order valence-corrected chi connectivity index (χ4v) is 3.68. The van der Waals surface area contributed by atoms with Crippen molar-refractivity contribution >= 4 is 5.69 Å². The van der Waals surface area contributed by atoms with E-state index in [-0.39, 0.29) is 10.9 Å². The summed E-state index contributed by atoms with van der Waals surface area (Å²) in [6, 6.07) is 8.57. The van der Waals surface area contributed by atoms with Gasteiger partial charge in [-0.2, -0.15) is 0 Å². The molecule has 1 saturated heterocycles. The van der Waals surface area contributed by atoms with Crippen LogP contribution < -0.4 is 16.2 Å². The lowest BCUT2D eigenvalue weighted by atomic mass is 9.95. The Hall–Kier alpha value is -1.94. The summed E-state index contributed by atoms with van der Waals surface area (Å²) < 4.78 is 0. The largest absolute Gasteiger partial charge is 0.380 e. The summed E-state index contributed by atoms with van der Waals surface area (Å²) in [5, 5.41) is 3.22. The molecule has 0 amide bonds. The van der Waals surface area contributed by atoms with Crippen molar-refractivity contribution in [2.45, 2.75) is 52.0 Å². The second-order valence-corrected chi connectivity index (χ2v) is 7.49. The van der Waals surface area contributed by atoms with E-state index in [1.807, 2.05) is 24.3 Å². The average Bonchev–Trinajstić information content (AvgIpc) is 2.62. The Kier molecular flexibility index (Phi) is 5.38. The third-order valence-electron chi connectivity index (χ3n) is 5.42. The maximum absolute atomic E-state index is 12.1. The summed E-state index contributed by atoms with van der Waals surface area (Å²) in [5.74, 6) is 0.450. The Balaban J connectivity index is 1.68. The number of benzene rings is 1. The van der Waals surface area contributed by atoms with Crippen LogP contribution in [0.1, 0.15) is 51.5 Å². The zero-order valence-electron chi connectivity index (χ0n) is 15.5. The third kappa shape index (κ3) is 3.69. The maximum Gasteiger partial charge on any atom is 0.250 e. The van der Waals surface area contributed by atoms with Gasteiger partial charge in [0.2, 0.25) is 10.9 Å². The van der Waals surface area contributed by atoms with E-state index in [4.69, 9.17) is 0 Å². The molecule has 134 valence electrons. The molecule has 4 nitrogen and oxygen atoms in total. The van der Waals surface area contributed by atoms with Gasteiger partial charge in [-0.25, -0.2) is 0 Å². The van der Waals surface area contributed by atoms with Gasteiger partial charge in [0.15, 0.2) is 0 Å². The van der Waals surface area contributed by atoms with Gasteiger partial charge in [-0.15, -0.1) is 0 Å². The molecule has 0 radical (unpaired) electrons. The first-order valence-electron chi connectivity index (χ1n) is 9.40. The van der Waals surface area contributed by atoms with Gasteiger partial charge in [-0.05, 0) is 43.4 Å². The molecule has 25 heavy (non-hydrogen) atoms. The molecule has 0 unspecified atom stereocenters. The molecule has 0 bridgehead atoms. The van der Waals surface area contributed by atoms with Crippen LogP contribution in [0.4, 0.5) is 5.69 Å². The van der Waals surface area contributed by atoms with Crippen LogP contribution >= 0.6 is 0 Å². The maximum atomic E-state index is 12.1. The fraction of sp³-hybridized carbons (Fsp3) is 0.524. The summed E-state index contributed by atoms with van der Waals surface area (Å²) in [6.45, 7) is 9.27. The molecule has 1 N–H and O–H groups in total. The smallest absolute Gasteiger partial charge is 0.250 e. The van der Waals surface area contributed by atoms with E-state index >= 15 is 0 Å². The van der Waals surface area contributed by atoms with Gasteiger partial charge in [0.1, 0.15) is 0 Å². The zero-order chi connectivity index (χ0) is 18.0. The summed E-state index contributed by atoms with van der Waals surface area (Å²) in [5.41, 5.74) is 2.36. The topological polar surface area (TPSA) is 49.4 Å². The Labute approximate surface area is 149 Å². The molecule has 1 aliphatic rings. The molecule has 1 aliphatic heterocycles. The van der Waals surface area contributed by atoms with Crippen molar-refractivity contribution < 1.29 is 0 Å². The minimum Gasteiger partial charge on any atom is -0.380 e. The van der Waals surface area contributed by atoms with Crippen molar-refractivity contribution in [2.75, 3.05) is 25.0 Å². The standard InChI is InChI=1S/C21H28N2O2/c1-14(2)16-7-9-17(10-8-16)18-19(21(25)20(18)24)22-11-13-23-12-5-4-6-15(23)3/h7-10,14-15,22H,4-6,11-13H2,1-3H3/t15-/m1/s1. The molecule has 0 aromatic heterocycles. The average molecular weight is 340 g/mol. The fourth-order valence-electron chi connectivity index (χ4n) is 3.68. The van der Waals surface area contributed by atoms with Crippen molar-refractivity contribution in [2.24, 2.45) is 0 Å². The molecule has 0 spiro atoms. The third-order valence-corrected chi connectivity index (χ3v) is 5.42. The second kappa shape index (κ2) is 7.52. The van der Waals surface area contributed by atoms with Crippen LogP contribution in [0.3, 0.4) is 0 Å². The molecule has 0 aliphatic carbocycles. The molecule has 1 fully saturated rings. The molecule has 2 aromatic rings. The molecule has 0 saturated carbocycles. The first-order chi connectivity index (χ1) is 12.0. The SMILES string of the molecule is CC(C)c1ccc(-c2c(NCCN3CCCC[C@H]3C)c(=O)c2=O)cc1. The number of hydrogen-bond acceptors (Lipinski definition) is 4. The summed E-state index contributed by atoms with van der Waals surface area (Å²) in [4.78, 5) is 26.5. The van der Waals surface area contributed by atoms with Crippen molar-refractivity contribution in [1.29, 1.82) is 0 Å². The Morgan fingerprint density at radius 3 is 2.48 bits per heavy atom. The highest BCUT2D eigenvalue weighted by molar-refractivity contribution is 5.81. The van der Waals surface area contributed by atoms with E-state index < -0.39 is 0 Å². The molecule has 1 heterocycles. The van der Waals surface area contributed by atoms with Crippen LogP contribution in [0.15, 0.2) is 33.9 Å². The number of piperidine rings is 1. The lowest BCUT2D eigenvalue weighted by Gasteiger charge is -2.33. The Bertz CT molecular complexity index is 785. The number of anilines is 1. The van der Waals surface area contributed by atoms with Crippen molar-refractivity contribution in [1.82, 2.24) is 4.90 Å². The minimum atomic E-state index is -0.380. The monoisotopic (exact) mass is 340 g/mol. The highest BCUT2D eigenvalue weighted by Crippen LogP contribution is 2.25. The van der Waals surface area contributed by atoms with Crippen molar-refractivity contribution in [3.05, 3.63) is 50.3 Å². The predicted molar refractivity (Wildman–Crippen MR) is 104 cm³/mol. The van der Waals surface area contributed by atoms with E-state index in [0.717, 1.165) is 18.7 Å². The van der Waals surface area contributed by atoms with Gasteiger partial charge in [-0.3, -0.25) is 14.5 Å². The number of hydrogen-bond donors (Lipinski definition) is 1. The normalized spacial score (nSPS) is 18.8. The van der Waals surface area contributed by atoms with Crippen LogP contribution in [0.25, 0.3) is 11.1 Å². The number of nitrogens with zero attached hydrogens (tertiary/aromatic N) is 1. The van der Waals surface area contributed by atoms with Crippen molar-refractivity contribution in [3.8, 4) is 11.1 Å². The summed E-state index contributed by atoms with van der Waals surface area (Å²) >= 11 is 0. The first kappa shape index (κ1) is 17.9. The van der Waals surface area contributed by atoms with E-state index in [1.54, 1.807) is 0 Å². The van der Waals surface area contributed by atoms with Gasteiger partial charge in [-0.1, -0.05) is 44.5 Å². The lowest BCUT2D eigenvalue weighted by molar-refractivity contribution is 0.167. The highest BCUT2D eigenvalue weighted by atomic mass is 16.2. The Morgan fingerprint density at radius 1 is 1.12 bits per heavy atom. The molecule has 4 heteroatoms. The predicted octanol–water partition coefficient (Wildman–Crippen LogP) is 3.36. The van der Waals surface area contributed by atoms with Gasteiger partial charge in [0, 0.05) is 19.1 Å². The minimum absolute atomic E-state index is 0.369. The molecule has 1 atom stereocenters.